The average molecular weight is 338 g/mol. The number of aliphatic hydroxyl groups excluding tert-OH is 1. The normalized spacial score (nSPS) is 25.8. The van der Waals surface area contributed by atoms with Crippen LogP contribution in [0.25, 0.3) is 0 Å². The van der Waals surface area contributed by atoms with E-state index >= 15 is 0 Å². The molecule has 1 N–H and O–H groups in total. The maximum Gasteiger partial charge on any atom is 0.224 e. The summed E-state index contributed by atoms with van der Waals surface area (Å²) in [5.41, 5.74) is 0. The first-order chi connectivity index (χ1) is 11.7. The molecule has 3 heterocycles. The molecule has 0 spiro atoms. The van der Waals surface area contributed by atoms with Crippen LogP contribution in [0.1, 0.15) is 12.8 Å². The summed E-state index contributed by atoms with van der Waals surface area (Å²) < 4.78 is 6.96. The molecule has 9 heteroatoms. The lowest BCUT2D eigenvalue weighted by Gasteiger charge is -2.40. The number of nitrogens with zero attached hydrogens (tertiary/aromatic N) is 6. The Morgan fingerprint density at radius 1 is 1.25 bits per heavy atom. The van der Waals surface area contributed by atoms with Crippen LogP contribution in [-0.2, 0) is 16.1 Å². The van der Waals surface area contributed by atoms with Gasteiger partial charge in [-0.3, -0.25) is 9.69 Å². The Balaban J connectivity index is 1.52. The van der Waals surface area contributed by atoms with Crippen LogP contribution >= 0.6 is 0 Å². The highest BCUT2D eigenvalue weighted by Gasteiger charge is 2.30. The summed E-state index contributed by atoms with van der Waals surface area (Å²) in [6.07, 6.45) is 2.87. The molecule has 3 rings (SSSR count). The van der Waals surface area contributed by atoms with E-state index < -0.39 is 0 Å². The Kier molecular flexibility index (Phi) is 6.11. The van der Waals surface area contributed by atoms with E-state index in [-0.39, 0.29) is 18.4 Å². The number of aliphatic hydroxyl groups is 1. The van der Waals surface area contributed by atoms with Gasteiger partial charge in [0.1, 0.15) is 6.33 Å². The van der Waals surface area contributed by atoms with Gasteiger partial charge in [0.25, 0.3) is 0 Å². The number of morpholine rings is 1. The average Bonchev–Trinajstić information content (AvgIpc) is 3.13. The number of piperidine rings is 1. The van der Waals surface area contributed by atoms with Crippen molar-refractivity contribution in [1.82, 2.24) is 30.0 Å². The van der Waals surface area contributed by atoms with Gasteiger partial charge in [-0.2, -0.15) is 0 Å². The number of hydrogen-bond acceptors (Lipinski definition) is 7. The monoisotopic (exact) mass is 338 g/mol. The third-order valence-corrected chi connectivity index (χ3v) is 4.80. The van der Waals surface area contributed by atoms with E-state index in [1.807, 2.05) is 4.90 Å². The van der Waals surface area contributed by atoms with Crippen LogP contribution in [-0.4, -0.2) is 93.6 Å². The highest BCUT2D eigenvalue weighted by atomic mass is 16.5. The molecule has 2 saturated heterocycles. The zero-order chi connectivity index (χ0) is 16.8. The Hall–Kier alpha value is -1.58. The third-order valence-electron chi connectivity index (χ3n) is 4.80. The number of hydrogen-bond donors (Lipinski definition) is 1. The van der Waals surface area contributed by atoms with Gasteiger partial charge in [0.05, 0.1) is 19.8 Å². The number of ether oxygens (including phenoxy) is 1. The maximum absolute atomic E-state index is 12.5. The molecule has 1 amide bonds. The van der Waals surface area contributed by atoms with Crippen LogP contribution in [0, 0.1) is 11.8 Å². The number of likely N-dealkylation sites (tertiary alicyclic amines) is 1. The van der Waals surface area contributed by atoms with Crippen LogP contribution in [0.5, 0.6) is 0 Å². The van der Waals surface area contributed by atoms with Gasteiger partial charge in [-0.25, -0.2) is 4.68 Å². The smallest absolute Gasteiger partial charge is 0.224 e. The fraction of sp³-hybridized carbons (Fsp3) is 0.867. The lowest BCUT2D eigenvalue weighted by atomic mass is 9.89. The summed E-state index contributed by atoms with van der Waals surface area (Å²) in [6, 6.07) is 0. The van der Waals surface area contributed by atoms with Crippen molar-refractivity contribution in [3.63, 3.8) is 0 Å². The van der Waals surface area contributed by atoms with Crippen LogP contribution in [0.2, 0.25) is 0 Å². The molecule has 0 bridgehead atoms. The standard InChI is InChI=1S/C15H26N6O3/c22-11-14-7-13(8-19-3-5-24-6-4-19)9-20(10-14)15(23)1-2-21-12-16-17-18-21/h12-14,22H,1-11H2/t13-,14+/m1/s1. The van der Waals surface area contributed by atoms with Crippen molar-refractivity contribution in [3.05, 3.63) is 6.33 Å². The van der Waals surface area contributed by atoms with Gasteiger partial charge in [0, 0.05) is 45.8 Å². The van der Waals surface area contributed by atoms with Crippen molar-refractivity contribution < 1.29 is 14.6 Å². The largest absolute Gasteiger partial charge is 0.396 e. The van der Waals surface area contributed by atoms with Gasteiger partial charge in [0.2, 0.25) is 5.91 Å². The fourth-order valence-corrected chi connectivity index (χ4v) is 3.59. The minimum atomic E-state index is 0.107. The summed E-state index contributed by atoms with van der Waals surface area (Å²) in [4.78, 5) is 16.8. The van der Waals surface area contributed by atoms with Gasteiger partial charge in [0.15, 0.2) is 0 Å². The quantitative estimate of drug-likeness (QED) is 0.700. The molecule has 9 nitrogen and oxygen atoms in total. The fourth-order valence-electron chi connectivity index (χ4n) is 3.59. The molecule has 0 aliphatic carbocycles. The number of tetrazole rings is 1. The summed E-state index contributed by atoms with van der Waals surface area (Å²) >= 11 is 0. The van der Waals surface area contributed by atoms with Crippen molar-refractivity contribution in [2.75, 3.05) is 52.5 Å². The minimum absolute atomic E-state index is 0.107. The number of rotatable bonds is 6. The third kappa shape index (κ3) is 4.71. The van der Waals surface area contributed by atoms with Gasteiger partial charge in [-0.15, -0.1) is 5.10 Å². The van der Waals surface area contributed by atoms with E-state index in [1.165, 1.54) is 6.33 Å². The predicted octanol–water partition coefficient (Wildman–Crippen LogP) is -1.15. The molecule has 1 aromatic heterocycles. The highest BCUT2D eigenvalue weighted by Crippen LogP contribution is 2.23. The molecular formula is C15H26N6O3. The number of carbonyl (C=O) groups is 1. The molecule has 2 fully saturated rings. The lowest BCUT2D eigenvalue weighted by molar-refractivity contribution is -0.135. The van der Waals surface area contributed by atoms with Crippen LogP contribution in [0.3, 0.4) is 0 Å². The van der Waals surface area contributed by atoms with Crippen molar-refractivity contribution in [3.8, 4) is 0 Å². The molecule has 2 atom stereocenters. The van der Waals surface area contributed by atoms with Crippen molar-refractivity contribution in [2.24, 2.45) is 11.8 Å². The molecule has 2 aliphatic heterocycles. The summed E-state index contributed by atoms with van der Waals surface area (Å²) in [7, 11) is 0. The van der Waals surface area contributed by atoms with E-state index in [1.54, 1.807) is 4.68 Å². The maximum atomic E-state index is 12.5. The molecular weight excluding hydrogens is 312 g/mol. The van der Waals surface area contributed by atoms with E-state index in [0.29, 0.717) is 25.4 Å². The Labute approximate surface area is 141 Å². The second-order valence-electron chi connectivity index (χ2n) is 6.68. The Morgan fingerprint density at radius 2 is 2.04 bits per heavy atom. The molecule has 1 aromatic rings. The van der Waals surface area contributed by atoms with E-state index in [2.05, 4.69) is 20.4 Å². The van der Waals surface area contributed by atoms with Crippen molar-refractivity contribution in [1.29, 1.82) is 0 Å². The summed E-state index contributed by atoms with van der Waals surface area (Å²) in [6.45, 7) is 6.47. The molecule has 0 saturated carbocycles. The van der Waals surface area contributed by atoms with Gasteiger partial charge >= 0.3 is 0 Å². The van der Waals surface area contributed by atoms with E-state index in [9.17, 15) is 9.90 Å². The summed E-state index contributed by atoms with van der Waals surface area (Å²) in [5, 5.41) is 20.5. The first-order valence-electron chi connectivity index (χ1n) is 8.64. The van der Waals surface area contributed by atoms with Crippen LogP contribution in [0.15, 0.2) is 6.33 Å². The minimum Gasteiger partial charge on any atom is -0.396 e. The van der Waals surface area contributed by atoms with Crippen molar-refractivity contribution >= 4 is 5.91 Å². The number of aromatic nitrogens is 4. The molecule has 134 valence electrons. The molecule has 0 aromatic carbocycles. The summed E-state index contributed by atoms with van der Waals surface area (Å²) in [5.74, 6) is 0.684. The predicted molar refractivity (Wildman–Crippen MR) is 85.0 cm³/mol. The second kappa shape index (κ2) is 8.50. The van der Waals surface area contributed by atoms with E-state index in [4.69, 9.17) is 4.74 Å². The first kappa shape index (κ1) is 17.2. The Bertz CT molecular complexity index is 505. The number of carbonyl (C=O) groups excluding carboxylic acids is 1. The van der Waals surface area contributed by atoms with Gasteiger partial charge in [-0.1, -0.05) is 0 Å². The zero-order valence-corrected chi connectivity index (χ0v) is 14.0. The van der Waals surface area contributed by atoms with Crippen LogP contribution in [0.4, 0.5) is 0 Å². The van der Waals surface area contributed by atoms with E-state index in [0.717, 1.165) is 45.8 Å². The van der Waals surface area contributed by atoms with Gasteiger partial charge in [-0.05, 0) is 28.7 Å². The number of amides is 1. The zero-order valence-electron chi connectivity index (χ0n) is 14.0. The number of aryl methyl sites for hydroxylation is 1. The Morgan fingerprint density at radius 3 is 2.75 bits per heavy atom. The van der Waals surface area contributed by atoms with Gasteiger partial charge < -0.3 is 14.7 Å². The topological polar surface area (TPSA) is 96.6 Å². The second-order valence-corrected chi connectivity index (χ2v) is 6.68. The SMILES string of the molecule is O=C(CCn1cnnn1)N1C[C@@H](CN2CCOCC2)C[C@H](CO)C1. The first-order valence-corrected chi connectivity index (χ1v) is 8.64. The molecule has 24 heavy (non-hydrogen) atoms. The van der Waals surface area contributed by atoms with Crippen molar-refractivity contribution in [2.45, 2.75) is 19.4 Å². The van der Waals surface area contributed by atoms with Crippen LogP contribution < -0.4 is 0 Å². The lowest BCUT2D eigenvalue weighted by Crippen LogP contribution is -2.49. The molecule has 2 aliphatic rings. The molecule has 0 unspecified atom stereocenters. The highest BCUT2D eigenvalue weighted by molar-refractivity contribution is 5.76. The molecule has 0 radical (unpaired) electrons.